The fourth-order valence-corrected chi connectivity index (χ4v) is 0. The van der Waals surface area contributed by atoms with Crippen LogP contribution >= 0.6 is 0 Å². The van der Waals surface area contributed by atoms with E-state index >= 15 is 0 Å². The van der Waals surface area contributed by atoms with Crippen LogP contribution in [0.1, 0.15) is 1.43 Å². The van der Waals surface area contributed by atoms with E-state index in [2.05, 4.69) is 0 Å². The van der Waals surface area contributed by atoms with E-state index in [0.29, 0.717) is 0 Å². The van der Waals surface area contributed by atoms with Crippen molar-refractivity contribution in [1.82, 2.24) is 0 Å². The molecule has 0 saturated carbocycles. The van der Waals surface area contributed by atoms with Crippen molar-refractivity contribution in [1.29, 1.82) is 0 Å². The van der Waals surface area contributed by atoms with Gasteiger partial charge in [-0.3, -0.25) is 0 Å². The summed E-state index contributed by atoms with van der Waals surface area (Å²) in [5.74, 6) is 0. The Kier molecular flexibility index (Phi) is 16.5. The van der Waals surface area contributed by atoms with Gasteiger partial charge in [-0.05, 0) is 0 Å². The summed E-state index contributed by atoms with van der Waals surface area (Å²) < 4.78 is 10.5. The molecule has 0 bridgehead atoms. The van der Waals surface area contributed by atoms with Gasteiger partial charge in [-0.1, -0.05) is 0 Å². The summed E-state index contributed by atoms with van der Waals surface area (Å²) in [6, 6.07) is 0. The molecule has 0 aromatic rings. The van der Waals surface area contributed by atoms with E-state index in [9.17, 15) is 4.39 Å². The summed E-state index contributed by atoms with van der Waals surface area (Å²) in [6.45, 7) is -0.972. The summed E-state index contributed by atoms with van der Waals surface area (Å²) in [7, 11) is 0. The van der Waals surface area contributed by atoms with Crippen LogP contribution in [-0.2, 0) is 0 Å². The first-order valence-electron chi connectivity index (χ1n) is 1.08. The third-order valence-electron chi connectivity index (χ3n) is 0.0845. The van der Waals surface area contributed by atoms with Crippen LogP contribution in [0.25, 0.3) is 0 Å². The predicted octanol–water partition coefficient (Wildman–Crippen LogP) is -2.94. The van der Waals surface area contributed by atoms with Crippen LogP contribution in [0.3, 0.4) is 0 Å². The van der Waals surface area contributed by atoms with E-state index in [-0.39, 0.29) is 37.6 Å². The summed E-state index contributed by atoms with van der Waals surface area (Å²) >= 11 is 0. The molecule has 0 aromatic heterocycles. The largest absolute Gasteiger partial charge is 1.00 e. The molecule has 0 rings (SSSR count). The fraction of sp³-hybridized carbons (Fsp3) is 1.00. The summed E-state index contributed by atoms with van der Waals surface area (Å²) in [5, 5.41) is 7.50. The normalized spacial score (nSPS) is 6.00. The Labute approximate surface area is 54.0 Å². The van der Waals surface area contributed by atoms with Crippen LogP contribution < -0.4 is 29.6 Å². The third kappa shape index (κ3) is 11.4. The van der Waals surface area contributed by atoms with Crippen LogP contribution in [0.15, 0.2) is 0 Å². The minimum atomic E-state index is -0.625. The second-order valence-corrected chi connectivity index (χ2v) is 0.413. The van der Waals surface area contributed by atoms with Gasteiger partial charge >= 0.3 is 29.6 Å². The Morgan fingerprint density at radius 3 is 2.00 bits per heavy atom. The van der Waals surface area contributed by atoms with Gasteiger partial charge in [0.25, 0.3) is 0 Å². The Morgan fingerprint density at radius 2 is 2.00 bits per heavy atom. The average molecular weight is 88.1 g/mol. The fourth-order valence-electron chi connectivity index (χ4n) is 0. The van der Waals surface area contributed by atoms with Gasteiger partial charge in [-0.2, -0.15) is 0 Å². The Morgan fingerprint density at radius 1 is 1.80 bits per heavy atom. The number of hydrogen-bond acceptors (Lipinski definition) is 1. The van der Waals surface area contributed by atoms with Gasteiger partial charge in [0.1, 0.15) is 6.67 Å². The van der Waals surface area contributed by atoms with Crippen LogP contribution in [-0.4, -0.2) is 18.4 Å². The zero-order valence-corrected chi connectivity index (χ0v) is 5.24. The number of hydrogen-bond donors (Lipinski definition) is 1. The van der Waals surface area contributed by atoms with Crippen LogP contribution in [0, 0.1) is 0 Å². The van der Waals surface area contributed by atoms with E-state index in [1.165, 1.54) is 0 Å². The maximum absolute atomic E-state index is 10.5. The van der Waals surface area contributed by atoms with Gasteiger partial charge in [0.05, 0.1) is 6.61 Å². The molecule has 0 aliphatic heterocycles. The van der Waals surface area contributed by atoms with Gasteiger partial charge in [0.15, 0.2) is 0 Å². The smallest absolute Gasteiger partial charge is 1.00 e. The van der Waals surface area contributed by atoms with E-state index in [1.807, 2.05) is 0 Å². The standard InChI is InChI=1S/C2H5FO.Na.H/c3-1-2-4;;/h4H,1-2H2;;/q;+1;-1. The van der Waals surface area contributed by atoms with Gasteiger partial charge in [-0.25, -0.2) is 4.39 Å². The minimum Gasteiger partial charge on any atom is -1.00 e. The van der Waals surface area contributed by atoms with Crippen molar-refractivity contribution in [3.8, 4) is 0 Å². The average Bonchev–Trinajstić information content (AvgIpc) is 1.37. The summed E-state index contributed by atoms with van der Waals surface area (Å²) in [5.41, 5.74) is 0. The maximum Gasteiger partial charge on any atom is 1.00 e. The molecule has 0 atom stereocenters. The molecule has 0 radical (unpaired) electrons. The molecule has 28 valence electrons. The molecule has 1 N–H and O–H groups in total. The quantitative estimate of drug-likeness (QED) is 0.340. The predicted molar refractivity (Wildman–Crippen MR) is 14.2 cm³/mol. The van der Waals surface area contributed by atoms with Crippen molar-refractivity contribution < 1.29 is 40.5 Å². The Bertz CT molecular complexity index is 15.5. The van der Waals surface area contributed by atoms with Gasteiger partial charge in [0.2, 0.25) is 0 Å². The SMILES string of the molecule is OCCF.[H-].[Na+]. The number of halogens is 1. The molecule has 0 heterocycles. The maximum atomic E-state index is 10.5. The molecular weight excluding hydrogens is 82.0 g/mol. The molecule has 0 unspecified atom stereocenters. The van der Waals surface area contributed by atoms with Crippen molar-refractivity contribution in [2.24, 2.45) is 0 Å². The van der Waals surface area contributed by atoms with Crippen LogP contribution in [0.4, 0.5) is 4.39 Å². The molecule has 0 saturated heterocycles. The number of aliphatic hydroxyl groups is 1. The van der Waals surface area contributed by atoms with Gasteiger partial charge < -0.3 is 6.53 Å². The second-order valence-electron chi connectivity index (χ2n) is 0.413. The first-order chi connectivity index (χ1) is 1.91. The van der Waals surface area contributed by atoms with E-state index in [0.717, 1.165) is 0 Å². The molecule has 0 spiro atoms. The van der Waals surface area contributed by atoms with E-state index in [4.69, 9.17) is 5.11 Å². The zero-order valence-electron chi connectivity index (χ0n) is 4.24. The molecular formula is C2H6FNaO. The topological polar surface area (TPSA) is 20.2 Å². The minimum absolute atomic E-state index is 0. The first-order valence-corrected chi connectivity index (χ1v) is 1.08. The molecule has 0 aliphatic rings. The van der Waals surface area contributed by atoms with Crippen LogP contribution in [0.5, 0.6) is 0 Å². The van der Waals surface area contributed by atoms with Crippen molar-refractivity contribution in [2.75, 3.05) is 13.3 Å². The molecule has 5 heavy (non-hydrogen) atoms. The van der Waals surface area contributed by atoms with Crippen molar-refractivity contribution in [2.45, 2.75) is 0 Å². The third-order valence-corrected chi connectivity index (χ3v) is 0.0845. The van der Waals surface area contributed by atoms with E-state index in [1.54, 1.807) is 0 Å². The molecule has 0 fully saturated rings. The van der Waals surface area contributed by atoms with Gasteiger partial charge in [-0.15, -0.1) is 0 Å². The molecule has 0 amide bonds. The second kappa shape index (κ2) is 8.86. The van der Waals surface area contributed by atoms with Crippen molar-refractivity contribution >= 4 is 0 Å². The van der Waals surface area contributed by atoms with E-state index < -0.39 is 6.67 Å². The molecule has 1 nitrogen and oxygen atoms in total. The zero-order chi connectivity index (χ0) is 3.41. The van der Waals surface area contributed by atoms with Crippen molar-refractivity contribution in [3.05, 3.63) is 0 Å². The Hall–Kier alpha value is 0.890. The molecule has 3 heteroatoms. The van der Waals surface area contributed by atoms with Crippen molar-refractivity contribution in [3.63, 3.8) is 0 Å². The molecule has 0 aromatic carbocycles. The number of aliphatic hydroxyl groups excluding tert-OH is 1. The monoisotopic (exact) mass is 88.0 g/mol. The number of rotatable bonds is 1. The summed E-state index contributed by atoms with van der Waals surface area (Å²) in [4.78, 5) is 0. The number of alkyl halides is 1. The molecule has 0 aliphatic carbocycles. The first kappa shape index (κ1) is 9.31. The summed E-state index contributed by atoms with van der Waals surface area (Å²) in [6.07, 6.45) is 0. The van der Waals surface area contributed by atoms with Gasteiger partial charge in [0, 0.05) is 0 Å². The Balaban J connectivity index is -0.0000000450. The van der Waals surface area contributed by atoms with Crippen LogP contribution in [0.2, 0.25) is 0 Å².